The van der Waals surface area contributed by atoms with E-state index in [4.69, 9.17) is 9.47 Å². The number of halogens is 1. The maximum absolute atomic E-state index is 13.4. The van der Waals surface area contributed by atoms with Gasteiger partial charge in [-0.1, -0.05) is 27.7 Å². The first-order valence-electron chi connectivity index (χ1n) is 6.80. The van der Waals surface area contributed by atoms with Crippen molar-refractivity contribution < 1.29 is 13.9 Å². The zero-order valence-electron chi connectivity index (χ0n) is 11.9. The lowest BCUT2D eigenvalue weighted by Crippen LogP contribution is -2.56. The summed E-state index contributed by atoms with van der Waals surface area (Å²) in [4.78, 5) is 2.17. The van der Waals surface area contributed by atoms with Crippen molar-refractivity contribution in [1.29, 1.82) is 0 Å². The predicted molar refractivity (Wildman–Crippen MR) is 69.2 cm³/mol. The molecule has 0 saturated carbocycles. The van der Waals surface area contributed by atoms with Crippen molar-refractivity contribution >= 4 is 0 Å². The summed E-state index contributed by atoms with van der Waals surface area (Å²) in [6.45, 7) is 11.0. The molecule has 0 N–H and O–H groups in total. The fourth-order valence-corrected chi connectivity index (χ4v) is 1.94. The molecule has 17 heavy (non-hydrogen) atoms. The fraction of sp³-hybridized carbons (Fsp3) is 1.00. The summed E-state index contributed by atoms with van der Waals surface area (Å²) < 4.78 is 23.5. The number of hydrogen-bond donors (Lipinski definition) is 0. The number of hydrogen-bond acceptors (Lipinski definition) is 3. The number of alkyl halides is 1. The van der Waals surface area contributed by atoms with Gasteiger partial charge in [0.25, 0.3) is 0 Å². The lowest BCUT2D eigenvalue weighted by atomic mass is 10.0. The van der Waals surface area contributed by atoms with Crippen LogP contribution in [0.4, 0.5) is 4.39 Å². The minimum Gasteiger partial charge on any atom is -0.378 e. The monoisotopic (exact) mass is 249 g/mol. The Morgan fingerprint density at radius 2 is 1.76 bits per heavy atom. The van der Waals surface area contributed by atoms with Crippen molar-refractivity contribution in [3.63, 3.8) is 0 Å². The van der Waals surface area contributed by atoms with E-state index >= 15 is 0 Å². The normalized spacial score (nSPS) is 29.3. The van der Waals surface area contributed by atoms with Crippen molar-refractivity contribution in [2.75, 3.05) is 33.4 Å². The predicted octanol–water partition coefficient (Wildman–Crippen LogP) is 2.50. The molecule has 0 spiro atoms. The molecular formula is C13H28FNO2. The van der Waals surface area contributed by atoms with Crippen LogP contribution in [-0.4, -0.2) is 56.6 Å². The van der Waals surface area contributed by atoms with Crippen LogP contribution in [0, 0.1) is 0 Å². The molecule has 0 aromatic rings. The van der Waals surface area contributed by atoms with Gasteiger partial charge in [0.05, 0.1) is 25.4 Å². The summed E-state index contributed by atoms with van der Waals surface area (Å²) in [5.74, 6) is 0. The highest BCUT2D eigenvalue weighted by molar-refractivity contribution is 4.87. The minimum absolute atomic E-state index is 0.197. The second kappa shape index (κ2) is 9.80. The number of likely N-dealkylation sites (tertiary alicyclic amines) is 1. The molecular weight excluding hydrogens is 221 g/mol. The van der Waals surface area contributed by atoms with Gasteiger partial charge in [0.2, 0.25) is 0 Å². The third kappa shape index (κ3) is 4.90. The highest BCUT2D eigenvalue weighted by atomic mass is 19.1. The maximum atomic E-state index is 13.4. The van der Waals surface area contributed by atoms with E-state index in [1.807, 2.05) is 27.7 Å². The Kier molecular flexibility index (Phi) is 9.69. The first-order chi connectivity index (χ1) is 8.31. The Hall–Kier alpha value is -0.190. The van der Waals surface area contributed by atoms with Crippen LogP contribution >= 0.6 is 0 Å². The van der Waals surface area contributed by atoms with Gasteiger partial charge in [-0.15, -0.1) is 0 Å². The van der Waals surface area contributed by atoms with Crippen LogP contribution in [0.5, 0.6) is 0 Å². The van der Waals surface area contributed by atoms with Crippen LogP contribution in [0.25, 0.3) is 0 Å². The van der Waals surface area contributed by atoms with E-state index in [-0.39, 0.29) is 6.10 Å². The molecule has 0 aromatic heterocycles. The standard InChI is InChI=1S/C9H16FNO2.2C2H6/c1-12-9-2-3-11(4-8(9)10)7-5-13-6-7;2*1-2/h7-9H,2-6H2,1H3;2*1-2H3. The Balaban J connectivity index is 0.000000581. The average molecular weight is 249 g/mol. The van der Waals surface area contributed by atoms with Crippen molar-refractivity contribution in [2.45, 2.75) is 52.4 Å². The lowest BCUT2D eigenvalue weighted by molar-refractivity contribution is -0.102. The van der Waals surface area contributed by atoms with Gasteiger partial charge in [-0.25, -0.2) is 4.39 Å². The van der Waals surface area contributed by atoms with Gasteiger partial charge >= 0.3 is 0 Å². The topological polar surface area (TPSA) is 21.7 Å². The molecule has 2 atom stereocenters. The second-order valence-electron chi connectivity index (χ2n) is 3.77. The summed E-state index contributed by atoms with van der Waals surface area (Å²) in [5, 5.41) is 0. The summed E-state index contributed by atoms with van der Waals surface area (Å²) in [7, 11) is 1.58. The molecule has 2 aliphatic heterocycles. The lowest BCUT2D eigenvalue weighted by Gasteiger charge is -2.42. The Labute approximate surface area is 105 Å². The van der Waals surface area contributed by atoms with E-state index in [0.717, 1.165) is 26.2 Å². The molecule has 2 unspecified atom stereocenters. The van der Waals surface area contributed by atoms with E-state index in [9.17, 15) is 4.39 Å². The third-order valence-corrected chi connectivity index (χ3v) is 2.95. The van der Waals surface area contributed by atoms with E-state index < -0.39 is 6.17 Å². The first kappa shape index (κ1) is 16.8. The Morgan fingerprint density at radius 3 is 2.12 bits per heavy atom. The molecule has 2 fully saturated rings. The number of ether oxygens (including phenoxy) is 2. The van der Waals surface area contributed by atoms with Gasteiger partial charge in [-0.2, -0.15) is 0 Å². The molecule has 2 heterocycles. The number of piperidine rings is 1. The molecule has 3 nitrogen and oxygen atoms in total. The number of rotatable bonds is 2. The van der Waals surface area contributed by atoms with Crippen LogP contribution in [0.15, 0.2) is 0 Å². The van der Waals surface area contributed by atoms with Gasteiger partial charge < -0.3 is 9.47 Å². The van der Waals surface area contributed by atoms with Crippen LogP contribution < -0.4 is 0 Å². The van der Waals surface area contributed by atoms with Gasteiger partial charge in [0.1, 0.15) is 6.17 Å². The van der Waals surface area contributed by atoms with Crippen LogP contribution in [-0.2, 0) is 9.47 Å². The van der Waals surface area contributed by atoms with Crippen LogP contribution in [0.1, 0.15) is 34.1 Å². The van der Waals surface area contributed by atoms with Gasteiger partial charge in [-0.3, -0.25) is 4.90 Å². The van der Waals surface area contributed by atoms with Crippen molar-refractivity contribution in [3.8, 4) is 0 Å². The Bertz CT molecular complexity index is 177. The summed E-state index contributed by atoms with van der Waals surface area (Å²) >= 11 is 0. The molecule has 4 heteroatoms. The van der Waals surface area contributed by atoms with Crippen LogP contribution in [0.3, 0.4) is 0 Å². The van der Waals surface area contributed by atoms with E-state index in [1.54, 1.807) is 7.11 Å². The quantitative estimate of drug-likeness (QED) is 0.750. The third-order valence-electron chi connectivity index (χ3n) is 2.95. The zero-order chi connectivity index (χ0) is 13.3. The SMILES string of the molecule is CC.CC.COC1CCN(C2COC2)CC1F. The molecule has 0 radical (unpaired) electrons. The zero-order valence-corrected chi connectivity index (χ0v) is 11.9. The van der Waals surface area contributed by atoms with E-state index in [2.05, 4.69) is 4.90 Å². The largest absolute Gasteiger partial charge is 0.378 e. The summed E-state index contributed by atoms with van der Waals surface area (Å²) in [6.07, 6.45) is -0.231. The molecule has 0 aromatic carbocycles. The van der Waals surface area contributed by atoms with Crippen LogP contribution in [0.2, 0.25) is 0 Å². The second-order valence-corrected chi connectivity index (χ2v) is 3.77. The number of nitrogens with zero attached hydrogens (tertiary/aromatic N) is 1. The van der Waals surface area contributed by atoms with Crippen molar-refractivity contribution in [2.24, 2.45) is 0 Å². The summed E-state index contributed by atoms with van der Waals surface area (Å²) in [5.41, 5.74) is 0. The fourth-order valence-electron chi connectivity index (χ4n) is 1.94. The molecule has 2 rings (SSSR count). The minimum atomic E-state index is -0.834. The highest BCUT2D eigenvalue weighted by Crippen LogP contribution is 2.21. The van der Waals surface area contributed by atoms with Gasteiger partial charge in [0.15, 0.2) is 0 Å². The maximum Gasteiger partial charge on any atom is 0.139 e. The van der Waals surface area contributed by atoms with Gasteiger partial charge in [-0.05, 0) is 6.42 Å². The average Bonchev–Trinajstić information content (AvgIpc) is 2.32. The van der Waals surface area contributed by atoms with Gasteiger partial charge in [0, 0.05) is 20.2 Å². The number of methoxy groups -OCH3 is 1. The molecule has 2 saturated heterocycles. The highest BCUT2D eigenvalue weighted by Gasteiger charge is 2.35. The van der Waals surface area contributed by atoms with Crippen molar-refractivity contribution in [1.82, 2.24) is 4.90 Å². The molecule has 0 aliphatic carbocycles. The Morgan fingerprint density at radius 1 is 1.18 bits per heavy atom. The summed E-state index contributed by atoms with van der Waals surface area (Å²) in [6, 6.07) is 0.455. The van der Waals surface area contributed by atoms with E-state index in [0.29, 0.717) is 12.6 Å². The molecule has 0 amide bonds. The molecule has 2 aliphatic rings. The van der Waals surface area contributed by atoms with E-state index in [1.165, 1.54) is 0 Å². The molecule has 0 bridgehead atoms. The molecule has 104 valence electrons. The smallest absolute Gasteiger partial charge is 0.139 e. The van der Waals surface area contributed by atoms with Crippen molar-refractivity contribution in [3.05, 3.63) is 0 Å². The first-order valence-corrected chi connectivity index (χ1v) is 6.80.